The van der Waals surface area contributed by atoms with Crippen LogP contribution in [0.25, 0.3) is 0 Å². The van der Waals surface area contributed by atoms with Gasteiger partial charge < -0.3 is 5.32 Å². The lowest BCUT2D eigenvalue weighted by Gasteiger charge is -2.28. The summed E-state index contributed by atoms with van der Waals surface area (Å²) in [4.78, 5) is 22.5. The van der Waals surface area contributed by atoms with E-state index in [1.165, 1.54) is 28.6 Å². The molecule has 1 fully saturated rings. The zero-order valence-corrected chi connectivity index (χ0v) is 14.6. The highest BCUT2D eigenvalue weighted by molar-refractivity contribution is 7.92. The smallest absolute Gasteiger partial charge is 0.270 e. The molecule has 0 unspecified atom stereocenters. The Hall–Kier alpha value is -2.94. The van der Waals surface area contributed by atoms with Crippen molar-refractivity contribution in [1.29, 1.82) is 0 Å². The largest absolute Gasteiger partial charge is 0.322 e. The van der Waals surface area contributed by atoms with E-state index in [0.29, 0.717) is 24.3 Å². The molecule has 0 aromatic heterocycles. The Morgan fingerprint density at radius 1 is 1.12 bits per heavy atom. The van der Waals surface area contributed by atoms with Crippen LogP contribution in [0, 0.1) is 10.1 Å². The molecule has 2 aromatic carbocycles. The van der Waals surface area contributed by atoms with Crippen molar-refractivity contribution in [2.75, 3.05) is 21.9 Å². The molecular formula is C17H17N3O5S. The zero-order valence-electron chi connectivity index (χ0n) is 13.8. The minimum atomic E-state index is -3.29. The average molecular weight is 375 g/mol. The number of sulfonamides is 1. The molecule has 1 aliphatic heterocycles. The van der Waals surface area contributed by atoms with E-state index in [9.17, 15) is 23.3 Å². The summed E-state index contributed by atoms with van der Waals surface area (Å²) in [6.07, 6.45) is 1.47. The third kappa shape index (κ3) is 3.83. The molecule has 0 bridgehead atoms. The second-order valence-electron chi connectivity index (χ2n) is 5.90. The summed E-state index contributed by atoms with van der Waals surface area (Å²) in [5.41, 5.74) is 1.03. The van der Waals surface area contributed by atoms with Crippen LogP contribution in [-0.4, -0.2) is 31.5 Å². The summed E-state index contributed by atoms with van der Waals surface area (Å²) in [6, 6.07) is 11.9. The molecule has 0 spiro atoms. The molecule has 136 valence electrons. The third-order valence-corrected chi connectivity index (χ3v) is 5.95. The van der Waals surface area contributed by atoms with E-state index in [1.54, 1.807) is 24.3 Å². The minimum absolute atomic E-state index is 0.137. The fourth-order valence-corrected chi connectivity index (χ4v) is 4.39. The van der Waals surface area contributed by atoms with Crippen molar-refractivity contribution in [2.24, 2.45) is 0 Å². The molecule has 0 radical (unpaired) electrons. The predicted octanol–water partition coefficient (Wildman–Crippen LogP) is 2.78. The Balaban J connectivity index is 1.74. The van der Waals surface area contributed by atoms with Gasteiger partial charge in [-0.15, -0.1) is 0 Å². The normalized spacial score (nSPS) is 16.1. The van der Waals surface area contributed by atoms with E-state index >= 15 is 0 Å². The van der Waals surface area contributed by atoms with Gasteiger partial charge >= 0.3 is 0 Å². The van der Waals surface area contributed by atoms with E-state index in [2.05, 4.69) is 5.32 Å². The number of benzene rings is 2. The molecule has 8 nitrogen and oxygen atoms in total. The number of hydrogen-bond donors (Lipinski definition) is 1. The third-order valence-electron chi connectivity index (χ3n) is 4.08. The highest BCUT2D eigenvalue weighted by Crippen LogP contribution is 2.25. The number of rotatable bonds is 4. The predicted molar refractivity (Wildman–Crippen MR) is 97.9 cm³/mol. The highest BCUT2D eigenvalue weighted by Gasteiger charge is 2.25. The monoisotopic (exact) mass is 375 g/mol. The first-order valence-corrected chi connectivity index (χ1v) is 9.64. The van der Waals surface area contributed by atoms with Gasteiger partial charge in [-0.05, 0) is 43.2 Å². The van der Waals surface area contributed by atoms with Gasteiger partial charge in [0.25, 0.3) is 11.6 Å². The van der Waals surface area contributed by atoms with Crippen LogP contribution in [0.4, 0.5) is 17.1 Å². The van der Waals surface area contributed by atoms with Gasteiger partial charge in [0.05, 0.1) is 16.4 Å². The molecule has 0 aliphatic carbocycles. The molecule has 0 saturated carbocycles. The van der Waals surface area contributed by atoms with E-state index in [1.807, 2.05) is 0 Å². The maximum absolute atomic E-state index is 12.2. The van der Waals surface area contributed by atoms with Gasteiger partial charge in [0, 0.05) is 29.9 Å². The zero-order chi connectivity index (χ0) is 18.7. The van der Waals surface area contributed by atoms with Gasteiger partial charge in [-0.25, -0.2) is 8.42 Å². The first-order chi connectivity index (χ1) is 12.4. The molecule has 26 heavy (non-hydrogen) atoms. The summed E-state index contributed by atoms with van der Waals surface area (Å²) in [5, 5.41) is 13.4. The first-order valence-electron chi connectivity index (χ1n) is 8.03. The average Bonchev–Trinajstić information content (AvgIpc) is 2.62. The van der Waals surface area contributed by atoms with Crippen LogP contribution in [0.1, 0.15) is 23.2 Å². The SMILES string of the molecule is O=C(Nc1ccc(N2CCCCS2(=O)=O)cc1)c1cccc([N+](=O)[O-])c1. The van der Waals surface area contributed by atoms with E-state index in [4.69, 9.17) is 0 Å². The molecule has 3 rings (SSSR count). The Bertz CT molecular complexity index is 941. The molecule has 1 aliphatic rings. The molecule has 1 amide bonds. The van der Waals surface area contributed by atoms with Crippen LogP contribution in [0.2, 0.25) is 0 Å². The van der Waals surface area contributed by atoms with Gasteiger partial charge in [-0.2, -0.15) is 0 Å². The first kappa shape index (κ1) is 17.9. The van der Waals surface area contributed by atoms with Crippen molar-refractivity contribution in [3.8, 4) is 0 Å². The van der Waals surface area contributed by atoms with Crippen molar-refractivity contribution in [3.05, 3.63) is 64.2 Å². The highest BCUT2D eigenvalue weighted by atomic mass is 32.2. The van der Waals surface area contributed by atoms with Gasteiger partial charge in [0.1, 0.15) is 0 Å². The van der Waals surface area contributed by atoms with Crippen molar-refractivity contribution >= 4 is 33.0 Å². The number of non-ortho nitro benzene ring substituents is 1. The lowest BCUT2D eigenvalue weighted by Crippen LogP contribution is -2.37. The van der Waals surface area contributed by atoms with Gasteiger partial charge in [-0.3, -0.25) is 19.2 Å². The topological polar surface area (TPSA) is 110 Å². The van der Waals surface area contributed by atoms with E-state index in [0.717, 1.165) is 6.42 Å². The standard InChI is InChI=1S/C17H17N3O5S/c21-17(13-4-3-5-16(12-13)20(22)23)18-14-6-8-15(9-7-14)19-10-1-2-11-26(19,24)25/h3-9,12H,1-2,10-11H2,(H,18,21). The Labute approximate surface area is 150 Å². The number of nitro groups is 1. The number of carbonyl (C=O) groups is 1. The summed E-state index contributed by atoms with van der Waals surface area (Å²) in [6.45, 7) is 0.446. The fraction of sp³-hybridized carbons (Fsp3) is 0.235. The minimum Gasteiger partial charge on any atom is -0.322 e. The lowest BCUT2D eigenvalue weighted by atomic mass is 10.2. The summed E-state index contributed by atoms with van der Waals surface area (Å²) in [5.74, 6) is -0.342. The van der Waals surface area contributed by atoms with Gasteiger partial charge in [-0.1, -0.05) is 6.07 Å². The molecule has 1 N–H and O–H groups in total. The number of nitrogens with one attached hydrogen (secondary N) is 1. The number of carbonyl (C=O) groups excluding carboxylic acids is 1. The molecular weight excluding hydrogens is 358 g/mol. The molecule has 9 heteroatoms. The van der Waals surface area contributed by atoms with Crippen molar-refractivity contribution in [1.82, 2.24) is 0 Å². The molecule has 1 saturated heterocycles. The van der Waals surface area contributed by atoms with Crippen molar-refractivity contribution < 1.29 is 18.1 Å². The Morgan fingerprint density at radius 3 is 2.50 bits per heavy atom. The summed E-state index contributed by atoms with van der Waals surface area (Å²) < 4.78 is 25.6. The van der Waals surface area contributed by atoms with E-state index < -0.39 is 20.9 Å². The number of amides is 1. The number of nitrogens with zero attached hydrogens (tertiary/aromatic N) is 2. The number of anilines is 2. The summed E-state index contributed by atoms with van der Waals surface area (Å²) >= 11 is 0. The van der Waals surface area contributed by atoms with E-state index in [-0.39, 0.29) is 17.0 Å². The second-order valence-corrected chi connectivity index (χ2v) is 7.92. The molecule has 0 atom stereocenters. The Morgan fingerprint density at radius 2 is 1.85 bits per heavy atom. The van der Waals surface area contributed by atoms with Crippen molar-refractivity contribution in [2.45, 2.75) is 12.8 Å². The maximum atomic E-state index is 12.2. The van der Waals surface area contributed by atoms with Crippen LogP contribution in [0.5, 0.6) is 0 Å². The van der Waals surface area contributed by atoms with Crippen molar-refractivity contribution in [3.63, 3.8) is 0 Å². The molecule has 2 aromatic rings. The summed E-state index contributed by atoms with van der Waals surface area (Å²) in [7, 11) is -3.29. The van der Waals surface area contributed by atoms with Crippen LogP contribution < -0.4 is 9.62 Å². The van der Waals surface area contributed by atoms with Crippen LogP contribution in [0.15, 0.2) is 48.5 Å². The number of hydrogen-bond acceptors (Lipinski definition) is 5. The maximum Gasteiger partial charge on any atom is 0.270 e. The van der Waals surface area contributed by atoms with Crippen LogP contribution in [0.3, 0.4) is 0 Å². The van der Waals surface area contributed by atoms with Crippen LogP contribution >= 0.6 is 0 Å². The Kier molecular flexibility index (Phi) is 4.90. The quantitative estimate of drug-likeness (QED) is 0.653. The lowest BCUT2D eigenvalue weighted by molar-refractivity contribution is -0.384. The fourth-order valence-electron chi connectivity index (χ4n) is 2.75. The van der Waals surface area contributed by atoms with Gasteiger partial charge in [0.15, 0.2) is 0 Å². The van der Waals surface area contributed by atoms with Crippen LogP contribution in [-0.2, 0) is 10.0 Å². The number of nitro benzene ring substituents is 1. The second kappa shape index (κ2) is 7.12. The van der Waals surface area contributed by atoms with Gasteiger partial charge in [0.2, 0.25) is 10.0 Å². The molecule has 1 heterocycles.